The van der Waals surface area contributed by atoms with Crippen molar-refractivity contribution in [1.82, 2.24) is 10.6 Å². The first-order valence-electron chi connectivity index (χ1n) is 23.1. The van der Waals surface area contributed by atoms with Gasteiger partial charge in [-0.15, -0.1) is 0 Å². The van der Waals surface area contributed by atoms with Crippen LogP contribution in [0.1, 0.15) is 13.8 Å². The number of nitrogens with one attached hydrogen (secondary N) is 2. The average molecular weight is 1070 g/mol. The number of ether oxygens (including phenoxy) is 11. The molecule has 0 aromatic heterocycles. The van der Waals surface area contributed by atoms with E-state index in [9.17, 15) is 102 Å². The van der Waals surface area contributed by atoms with Crippen molar-refractivity contribution in [3.63, 3.8) is 0 Å². The summed E-state index contributed by atoms with van der Waals surface area (Å²) in [6.45, 7) is -3.76. The molecule has 20 N–H and O–H groups in total. The molecule has 0 spiro atoms. The number of carbonyl (C=O) groups is 2. The van der Waals surface area contributed by atoms with E-state index >= 15 is 0 Å². The van der Waals surface area contributed by atoms with Crippen molar-refractivity contribution in [3.05, 3.63) is 0 Å². The second-order valence-electron chi connectivity index (χ2n) is 18.2. The summed E-state index contributed by atoms with van der Waals surface area (Å²) in [6.07, 6.45) is -52.5. The lowest BCUT2D eigenvalue weighted by atomic mass is 9.94. The van der Waals surface area contributed by atoms with Gasteiger partial charge in [-0.3, -0.25) is 9.59 Å². The molecule has 6 aliphatic heterocycles. The van der Waals surface area contributed by atoms with Crippen LogP contribution in [0, 0.1) is 0 Å². The number of carbonyl (C=O) groups excluding carboxylic acids is 2. The number of hydrogen-bond donors (Lipinski definition) is 20. The van der Waals surface area contributed by atoms with Crippen LogP contribution in [0.3, 0.4) is 0 Å². The topological polar surface area (TPSA) is 524 Å². The summed E-state index contributed by atoms with van der Waals surface area (Å²) in [5.74, 6) is -1.67. The molecule has 6 heterocycles. The summed E-state index contributed by atoms with van der Waals surface area (Å²) in [5.41, 5.74) is 0. The number of aliphatic hydroxyl groups excluding tert-OH is 18. The molecule has 0 aliphatic carbocycles. The third-order valence-corrected chi connectivity index (χ3v) is 13.2. The lowest BCUT2D eigenvalue weighted by Crippen LogP contribution is -2.70. The summed E-state index contributed by atoms with van der Waals surface area (Å²) >= 11 is 0. The zero-order chi connectivity index (χ0) is 53.9. The minimum Gasteiger partial charge on any atom is -0.394 e. The molecule has 0 unspecified atom stereocenters. The van der Waals surface area contributed by atoms with Crippen molar-refractivity contribution in [2.24, 2.45) is 0 Å². The molecular formula is C40H68N2O31. The molecule has 0 aromatic rings. The van der Waals surface area contributed by atoms with Crippen LogP contribution in [0.15, 0.2) is 0 Å². The zero-order valence-corrected chi connectivity index (χ0v) is 38.9. The Morgan fingerprint density at radius 3 is 1.04 bits per heavy atom. The van der Waals surface area contributed by atoms with E-state index in [4.69, 9.17) is 52.1 Å². The number of amides is 2. The van der Waals surface area contributed by atoms with E-state index in [0.717, 1.165) is 13.8 Å². The van der Waals surface area contributed by atoms with Crippen molar-refractivity contribution >= 4 is 11.8 Å². The first-order chi connectivity index (χ1) is 34.5. The molecule has 424 valence electrons. The monoisotopic (exact) mass is 1070 g/mol. The summed E-state index contributed by atoms with van der Waals surface area (Å²) in [5, 5.41) is 196. The number of hydrogen-bond acceptors (Lipinski definition) is 31. The summed E-state index contributed by atoms with van der Waals surface area (Å²) in [7, 11) is 0. The SMILES string of the molecule is CC(=O)N[C@H]1[C@H](O[C@H]2[C@@H](O)[C@@H](CO)O[C@@H](O[C@H]3[C@H](O)[C@@H](NC(C)=O)[C@H](O[C@@H]4[C@H](O)[C@@H](O)[C@H](O[C@H]5[C@H](O)[C@@H](O)[C@H](O)O[C@@H]5CO)O[C@@H]4CO)O[C@@H]3CO)[C@@H]2O)O[C@H](CO)[C@@H](O[C@@H]2O[C@H](CO)[C@H](O)[C@H](O)[C@H]2O)[C@@H]1O. The molecule has 0 aromatic carbocycles. The van der Waals surface area contributed by atoms with Gasteiger partial charge in [0.1, 0.15) is 146 Å². The highest BCUT2D eigenvalue weighted by molar-refractivity contribution is 5.73. The van der Waals surface area contributed by atoms with Crippen molar-refractivity contribution in [2.45, 2.75) is 198 Å². The first-order valence-corrected chi connectivity index (χ1v) is 23.1. The second kappa shape index (κ2) is 26.0. The minimum absolute atomic E-state index is 0.825. The quantitative estimate of drug-likeness (QED) is 0.0606. The molecule has 33 nitrogen and oxygen atoms in total. The van der Waals surface area contributed by atoms with Crippen molar-refractivity contribution in [3.8, 4) is 0 Å². The van der Waals surface area contributed by atoms with E-state index in [-0.39, 0.29) is 0 Å². The smallest absolute Gasteiger partial charge is 0.217 e. The molecule has 6 fully saturated rings. The summed E-state index contributed by atoms with van der Waals surface area (Å²) < 4.78 is 62.4. The van der Waals surface area contributed by atoms with Crippen LogP contribution >= 0.6 is 0 Å². The minimum atomic E-state index is -2.20. The van der Waals surface area contributed by atoms with Gasteiger partial charge in [0, 0.05) is 13.8 Å². The van der Waals surface area contributed by atoms with Gasteiger partial charge in [-0.1, -0.05) is 0 Å². The molecule has 0 radical (unpaired) electrons. The van der Waals surface area contributed by atoms with Crippen LogP contribution < -0.4 is 10.6 Å². The Labute approximate surface area is 413 Å². The molecule has 30 atom stereocenters. The fourth-order valence-electron chi connectivity index (χ4n) is 9.33. The van der Waals surface area contributed by atoms with Crippen molar-refractivity contribution in [2.75, 3.05) is 39.6 Å². The van der Waals surface area contributed by atoms with Crippen LogP contribution in [0.4, 0.5) is 0 Å². The number of rotatable bonds is 18. The molecule has 73 heavy (non-hydrogen) atoms. The first kappa shape index (κ1) is 60.0. The van der Waals surface area contributed by atoms with Gasteiger partial charge in [-0.2, -0.15) is 0 Å². The normalized spacial score (nSPS) is 49.8. The van der Waals surface area contributed by atoms with E-state index in [1.807, 2.05) is 0 Å². The fraction of sp³-hybridized carbons (Fsp3) is 0.950. The maximum absolute atomic E-state index is 12.5. The van der Waals surface area contributed by atoms with Crippen LogP contribution in [-0.2, 0) is 61.7 Å². The van der Waals surface area contributed by atoms with Crippen LogP contribution in [0.2, 0.25) is 0 Å². The Morgan fingerprint density at radius 2 is 0.630 bits per heavy atom. The van der Waals surface area contributed by atoms with Crippen LogP contribution in [0.5, 0.6) is 0 Å². The maximum atomic E-state index is 12.5. The Bertz CT molecular complexity index is 1740. The second-order valence-corrected chi connectivity index (χ2v) is 18.2. The molecular weight excluding hydrogens is 1000 g/mol. The van der Waals surface area contributed by atoms with E-state index in [0.29, 0.717) is 0 Å². The lowest BCUT2D eigenvalue weighted by Gasteiger charge is -2.51. The van der Waals surface area contributed by atoms with Gasteiger partial charge in [-0.05, 0) is 0 Å². The lowest BCUT2D eigenvalue weighted by molar-refractivity contribution is -0.386. The van der Waals surface area contributed by atoms with Gasteiger partial charge in [0.2, 0.25) is 11.8 Å². The maximum Gasteiger partial charge on any atom is 0.217 e. The number of aliphatic hydroxyl groups is 18. The fourth-order valence-corrected chi connectivity index (χ4v) is 9.33. The largest absolute Gasteiger partial charge is 0.394 e. The highest BCUT2D eigenvalue weighted by Crippen LogP contribution is 2.37. The van der Waals surface area contributed by atoms with Crippen molar-refractivity contribution in [1.29, 1.82) is 0 Å². The summed E-state index contributed by atoms with van der Waals surface area (Å²) in [6, 6.07) is -3.49. The zero-order valence-electron chi connectivity index (χ0n) is 38.9. The Kier molecular flexibility index (Phi) is 21.3. The standard InChI is InChI=1S/C40H68N2O31/c1-9(49)41-17-21(53)31(15(7-47)66-36(17)69-33-16(8-48)68-39(28(60)25(33)57)72-32-13(5-45)63-35(62)26(58)24(32)56)71-40-29(61)34(20(52)12(4-44)65-40)73-37-18(42-10(2)50)22(54)30(14(6-46)67-37)70-38-27(59)23(55)19(51)11(3-43)64-38/h11-40,43-48,51-62H,3-8H2,1-2H3,(H,41,49)(H,42,50)/t11-,12-,13-,14-,15-,16-,17-,18-,19+,20+,21-,22-,23+,24-,25-,26-,27-,28-,29-,30-,31-,32-,33+,34+,35-,36+,37+,38+,39+,40+/m1/s1. The van der Waals surface area contributed by atoms with Gasteiger partial charge in [-0.25, -0.2) is 0 Å². The highest BCUT2D eigenvalue weighted by atomic mass is 16.8. The van der Waals surface area contributed by atoms with Gasteiger partial charge >= 0.3 is 0 Å². The molecule has 6 aliphatic rings. The predicted molar refractivity (Wildman–Crippen MR) is 222 cm³/mol. The van der Waals surface area contributed by atoms with Crippen LogP contribution in [-0.4, -0.2) is 327 Å². The molecule has 2 amide bonds. The molecule has 6 saturated heterocycles. The molecule has 6 rings (SSSR count). The molecule has 0 bridgehead atoms. The molecule has 33 heteroatoms. The van der Waals surface area contributed by atoms with Gasteiger partial charge in [0.05, 0.1) is 39.6 Å². The third-order valence-electron chi connectivity index (χ3n) is 13.2. The van der Waals surface area contributed by atoms with E-state index in [1.165, 1.54) is 0 Å². The molecule has 0 saturated carbocycles. The summed E-state index contributed by atoms with van der Waals surface area (Å²) in [4.78, 5) is 25.0. The average Bonchev–Trinajstić information content (AvgIpc) is 3.36. The highest BCUT2D eigenvalue weighted by Gasteiger charge is 2.58. The Morgan fingerprint density at radius 1 is 0.329 bits per heavy atom. The van der Waals surface area contributed by atoms with E-state index in [2.05, 4.69) is 10.6 Å². The van der Waals surface area contributed by atoms with Gasteiger partial charge in [0.15, 0.2) is 37.7 Å². The van der Waals surface area contributed by atoms with Crippen molar-refractivity contribution < 1.29 is 154 Å². The van der Waals surface area contributed by atoms with E-state index < -0.39 is 236 Å². The van der Waals surface area contributed by atoms with Gasteiger partial charge in [0.25, 0.3) is 0 Å². The van der Waals surface area contributed by atoms with E-state index in [1.54, 1.807) is 0 Å². The Balaban J connectivity index is 1.18. The van der Waals surface area contributed by atoms with Crippen LogP contribution in [0.25, 0.3) is 0 Å². The third kappa shape index (κ3) is 12.9. The Hall–Kier alpha value is -2.22. The predicted octanol–water partition coefficient (Wildman–Crippen LogP) is -13.8. The van der Waals surface area contributed by atoms with Gasteiger partial charge < -0.3 is 155 Å².